The minimum atomic E-state index is -0.507. The Balaban J connectivity index is 2.57. The third kappa shape index (κ3) is 5.16. The van der Waals surface area contributed by atoms with E-state index in [1.807, 2.05) is 24.3 Å². The van der Waals surface area contributed by atoms with E-state index in [0.717, 1.165) is 10.8 Å². The molecule has 0 saturated heterocycles. The van der Waals surface area contributed by atoms with E-state index in [-0.39, 0.29) is 5.91 Å². The predicted octanol–water partition coefficient (Wildman–Crippen LogP) is 0.955. The highest BCUT2D eigenvalue weighted by molar-refractivity contribution is 7.14. The molecule has 0 aromatic carbocycles. The molecule has 20 heavy (non-hydrogen) atoms. The minimum Gasteiger partial charge on any atom is -0.389 e. The lowest BCUT2D eigenvalue weighted by Gasteiger charge is -2.19. The molecule has 1 unspecified atom stereocenters. The number of aliphatic hydroxyl groups is 1. The lowest BCUT2D eigenvalue weighted by molar-refractivity contribution is -0.116. The molecule has 1 N–H and O–H groups in total. The number of nitrogens with zero attached hydrogens (tertiary/aromatic N) is 3. The average Bonchev–Trinajstić information content (AvgIpc) is 2.77. The van der Waals surface area contributed by atoms with Crippen molar-refractivity contribution in [1.29, 1.82) is 0 Å². The quantitative estimate of drug-likeness (QED) is 0.774. The molecule has 1 atom stereocenters. The van der Waals surface area contributed by atoms with E-state index >= 15 is 0 Å². The fourth-order valence-corrected chi connectivity index (χ4v) is 2.85. The molecule has 1 aromatic heterocycles. The van der Waals surface area contributed by atoms with Crippen molar-refractivity contribution in [2.75, 3.05) is 38.8 Å². The number of aliphatic hydroxyl groups excluding tert-OH is 1. The van der Waals surface area contributed by atoms with Gasteiger partial charge in [-0.2, -0.15) is 0 Å². The van der Waals surface area contributed by atoms with Crippen LogP contribution in [0.4, 0.5) is 5.13 Å². The van der Waals surface area contributed by atoms with Gasteiger partial charge in [-0.05, 0) is 14.0 Å². The number of ether oxygens (including phenoxy) is 1. The van der Waals surface area contributed by atoms with Gasteiger partial charge >= 0.3 is 0 Å². The number of anilines is 1. The normalized spacial score (nSPS) is 12.7. The Morgan fingerprint density at radius 3 is 2.85 bits per heavy atom. The number of hydrogen-bond acceptors (Lipinski definition) is 6. The third-order valence-electron chi connectivity index (χ3n) is 2.78. The van der Waals surface area contributed by atoms with E-state index in [4.69, 9.17) is 4.74 Å². The largest absolute Gasteiger partial charge is 0.389 e. The average molecular weight is 301 g/mol. The van der Waals surface area contributed by atoms with E-state index in [0.29, 0.717) is 26.2 Å². The maximum absolute atomic E-state index is 11.5. The molecule has 0 radical (unpaired) electrons. The van der Waals surface area contributed by atoms with E-state index < -0.39 is 6.10 Å². The summed E-state index contributed by atoms with van der Waals surface area (Å²) in [6.45, 7) is 5.55. The SMILES string of the molecule is CCN(C(C)=O)c1nc(CN(C)CC(O)COC)cs1. The summed E-state index contributed by atoms with van der Waals surface area (Å²) < 4.78 is 4.90. The zero-order valence-corrected chi connectivity index (χ0v) is 13.3. The first kappa shape index (κ1) is 17.0. The predicted molar refractivity (Wildman–Crippen MR) is 80.0 cm³/mol. The van der Waals surface area contributed by atoms with Gasteiger partial charge in [0.15, 0.2) is 5.13 Å². The molecule has 0 fully saturated rings. The summed E-state index contributed by atoms with van der Waals surface area (Å²) in [5, 5.41) is 12.3. The van der Waals surface area contributed by atoms with E-state index in [1.165, 1.54) is 18.3 Å². The Morgan fingerprint density at radius 1 is 1.60 bits per heavy atom. The highest BCUT2D eigenvalue weighted by Crippen LogP contribution is 2.21. The Bertz CT molecular complexity index is 425. The van der Waals surface area contributed by atoms with Crippen LogP contribution in [-0.2, 0) is 16.1 Å². The number of methoxy groups -OCH3 is 1. The lowest BCUT2D eigenvalue weighted by atomic mass is 10.3. The smallest absolute Gasteiger partial charge is 0.225 e. The number of carbonyl (C=O) groups is 1. The molecule has 0 bridgehead atoms. The number of hydrogen-bond donors (Lipinski definition) is 1. The van der Waals surface area contributed by atoms with Crippen molar-refractivity contribution in [3.8, 4) is 0 Å². The Labute approximate surface area is 124 Å². The molecule has 6 nitrogen and oxygen atoms in total. The van der Waals surface area contributed by atoms with Crippen LogP contribution < -0.4 is 4.90 Å². The van der Waals surface area contributed by atoms with Gasteiger partial charge < -0.3 is 9.84 Å². The molecule has 1 rings (SSSR count). The van der Waals surface area contributed by atoms with Crippen LogP contribution >= 0.6 is 11.3 Å². The van der Waals surface area contributed by atoms with Gasteiger partial charge in [0.05, 0.1) is 18.4 Å². The summed E-state index contributed by atoms with van der Waals surface area (Å²) in [5.41, 5.74) is 0.900. The summed E-state index contributed by atoms with van der Waals surface area (Å²) in [4.78, 5) is 19.5. The number of rotatable bonds is 8. The van der Waals surface area contributed by atoms with Crippen molar-refractivity contribution in [3.63, 3.8) is 0 Å². The topological polar surface area (TPSA) is 65.9 Å². The number of amides is 1. The Hall–Kier alpha value is -1.02. The van der Waals surface area contributed by atoms with Crippen molar-refractivity contribution >= 4 is 22.4 Å². The molecule has 1 amide bonds. The Kier molecular flexibility index (Phi) is 7.08. The van der Waals surface area contributed by atoms with Crippen molar-refractivity contribution in [1.82, 2.24) is 9.88 Å². The zero-order valence-electron chi connectivity index (χ0n) is 12.5. The number of carbonyl (C=O) groups excluding carboxylic acids is 1. The molecule has 0 aliphatic carbocycles. The summed E-state index contributed by atoms with van der Waals surface area (Å²) >= 11 is 1.46. The molecule has 1 heterocycles. The van der Waals surface area contributed by atoms with Crippen LogP contribution in [0, 0.1) is 0 Å². The van der Waals surface area contributed by atoms with Gasteiger partial charge in [-0.15, -0.1) is 11.3 Å². The first-order valence-electron chi connectivity index (χ1n) is 6.56. The number of likely N-dealkylation sites (N-methyl/N-ethyl adjacent to an activating group) is 1. The highest BCUT2D eigenvalue weighted by atomic mass is 32.1. The number of thiazole rings is 1. The van der Waals surface area contributed by atoms with Gasteiger partial charge in [0, 0.05) is 39.0 Å². The van der Waals surface area contributed by atoms with Gasteiger partial charge in [-0.1, -0.05) is 0 Å². The second kappa shape index (κ2) is 8.31. The van der Waals surface area contributed by atoms with E-state index in [1.54, 1.807) is 12.0 Å². The standard InChI is InChI=1S/C13H23N3O3S/c1-5-16(10(2)17)13-14-11(9-20-13)6-15(3)7-12(18)8-19-4/h9,12,18H,5-8H2,1-4H3. The van der Waals surface area contributed by atoms with Gasteiger partial charge in [0.25, 0.3) is 0 Å². The maximum Gasteiger partial charge on any atom is 0.225 e. The monoisotopic (exact) mass is 301 g/mol. The molecule has 0 aliphatic rings. The summed E-state index contributed by atoms with van der Waals surface area (Å²) in [6.07, 6.45) is -0.507. The van der Waals surface area contributed by atoms with Gasteiger partial charge in [-0.25, -0.2) is 4.98 Å². The summed E-state index contributed by atoms with van der Waals surface area (Å²) in [6, 6.07) is 0. The fraction of sp³-hybridized carbons (Fsp3) is 0.692. The molecular weight excluding hydrogens is 278 g/mol. The van der Waals surface area contributed by atoms with Crippen molar-refractivity contribution in [2.45, 2.75) is 26.5 Å². The van der Waals surface area contributed by atoms with Crippen LogP contribution in [0.3, 0.4) is 0 Å². The summed E-state index contributed by atoms with van der Waals surface area (Å²) in [5.74, 6) is -0.00253. The molecule has 7 heteroatoms. The first-order valence-corrected chi connectivity index (χ1v) is 7.43. The summed E-state index contributed by atoms with van der Waals surface area (Å²) in [7, 11) is 3.48. The van der Waals surface area contributed by atoms with Crippen LogP contribution in [0.1, 0.15) is 19.5 Å². The van der Waals surface area contributed by atoms with Crippen LogP contribution in [-0.4, -0.2) is 60.9 Å². The molecule has 0 spiro atoms. The molecular formula is C13H23N3O3S. The molecule has 1 aromatic rings. The van der Waals surface area contributed by atoms with Crippen LogP contribution in [0.25, 0.3) is 0 Å². The van der Waals surface area contributed by atoms with Crippen molar-refractivity contribution in [3.05, 3.63) is 11.1 Å². The maximum atomic E-state index is 11.5. The minimum absolute atomic E-state index is 0.00253. The molecule has 0 aliphatic heterocycles. The van der Waals surface area contributed by atoms with Crippen molar-refractivity contribution < 1.29 is 14.6 Å². The van der Waals surface area contributed by atoms with Crippen LogP contribution in [0.15, 0.2) is 5.38 Å². The highest BCUT2D eigenvalue weighted by Gasteiger charge is 2.15. The third-order valence-corrected chi connectivity index (χ3v) is 3.69. The second-order valence-electron chi connectivity index (χ2n) is 4.69. The van der Waals surface area contributed by atoms with Gasteiger partial charge in [0.1, 0.15) is 0 Å². The van der Waals surface area contributed by atoms with Crippen LogP contribution in [0.5, 0.6) is 0 Å². The number of aromatic nitrogens is 1. The van der Waals surface area contributed by atoms with E-state index in [2.05, 4.69) is 4.98 Å². The second-order valence-corrected chi connectivity index (χ2v) is 5.53. The zero-order chi connectivity index (χ0) is 15.1. The van der Waals surface area contributed by atoms with E-state index in [9.17, 15) is 9.90 Å². The molecule has 114 valence electrons. The van der Waals surface area contributed by atoms with Gasteiger partial charge in [0.2, 0.25) is 5.91 Å². The Morgan fingerprint density at radius 2 is 2.30 bits per heavy atom. The van der Waals surface area contributed by atoms with Crippen molar-refractivity contribution in [2.24, 2.45) is 0 Å². The molecule has 0 saturated carbocycles. The first-order chi connectivity index (χ1) is 9.47. The van der Waals surface area contributed by atoms with Gasteiger partial charge in [-0.3, -0.25) is 14.6 Å². The fourth-order valence-electron chi connectivity index (χ4n) is 1.93. The lowest BCUT2D eigenvalue weighted by Crippen LogP contribution is -2.31. The van der Waals surface area contributed by atoms with Crippen LogP contribution in [0.2, 0.25) is 0 Å².